The Labute approximate surface area is 97.9 Å². The summed E-state index contributed by atoms with van der Waals surface area (Å²) in [5.41, 5.74) is 1.85. The van der Waals surface area contributed by atoms with Crippen LogP contribution in [-0.2, 0) is 13.7 Å². The molecule has 0 bridgehead atoms. The Balaban J connectivity index is 2.85. The normalized spacial score (nSPS) is 11.2. The molecule has 0 amide bonds. The number of aryl methyl sites for hydroxylation is 2. The van der Waals surface area contributed by atoms with Crippen LogP contribution in [0.25, 0.3) is 0 Å². The third kappa shape index (κ3) is 2.76. The Bertz CT molecular complexity index is 344. The highest BCUT2D eigenvalue weighted by Crippen LogP contribution is 2.22. The molecule has 0 saturated carbocycles. The number of aromatic nitrogens is 2. The van der Waals surface area contributed by atoms with E-state index in [2.05, 4.69) is 30.9 Å². The van der Waals surface area contributed by atoms with Crippen molar-refractivity contribution in [1.82, 2.24) is 9.78 Å². The van der Waals surface area contributed by atoms with Gasteiger partial charge in [0.2, 0.25) is 0 Å². The molecule has 1 rings (SSSR count). The third-order valence-corrected chi connectivity index (χ3v) is 2.87. The molecule has 4 heteroatoms. The van der Waals surface area contributed by atoms with Crippen molar-refractivity contribution in [3.05, 3.63) is 11.3 Å². The van der Waals surface area contributed by atoms with Crippen molar-refractivity contribution in [2.75, 3.05) is 18.5 Å². The van der Waals surface area contributed by atoms with E-state index in [-0.39, 0.29) is 6.61 Å². The lowest BCUT2D eigenvalue weighted by Gasteiger charge is -2.21. The van der Waals surface area contributed by atoms with Gasteiger partial charge >= 0.3 is 0 Å². The zero-order valence-electron chi connectivity index (χ0n) is 11.0. The van der Waals surface area contributed by atoms with Crippen molar-refractivity contribution in [2.45, 2.75) is 33.8 Å². The van der Waals surface area contributed by atoms with E-state index in [1.165, 1.54) is 0 Å². The van der Waals surface area contributed by atoms with E-state index in [4.69, 9.17) is 0 Å². The molecule has 16 heavy (non-hydrogen) atoms. The summed E-state index contributed by atoms with van der Waals surface area (Å²) in [6.45, 7) is 7.42. The molecule has 1 aromatic rings. The Morgan fingerprint density at radius 2 is 2.06 bits per heavy atom. The van der Waals surface area contributed by atoms with E-state index >= 15 is 0 Å². The molecule has 1 N–H and O–H groups in total. The molecule has 0 saturated heterocycles. The highest BCUT2D eigenvalue weighted by atomic mass is 16.3. The third-order valence-electron chi connectivity index (χ3n) is 2.87. The van der Waals surface area contributed by atoms with E-state index in [0.29, 0.717) is 5.92 Å². The number of aliphatic hydroxyl groups excluding tert-OH is 1. The number of rotatable bonds is 5. The van der Waals surface area contributed by atoms with Crippen LogP contribution in [0.4, 0.5) is 5.82 Å². The first-order chi connectivity index (χ1) is 7.47. The molecular formula is C12H23N3O. The van der Waals surface area contributed by atoms with E-state index < -0.39 is 0 Å². The molecular weight excluding hydrogens is 202 g/mol. The SMILES string of the molecule is Cc1nn(C)c(N(C)CCC(C)C)c1CO. The Kier molecular flexibility index (Phi) is 4.35. The van der Waals surface area contributed by atoms with Crippen molar-refractivity contribution in [3.8, 4) is 0 Å². The second-order valence-electron chi connectivity index (χ2n) is 4.77. The van der Waals surface area contributed by atoms with Crippen LogP contribution in [0.15, 0.2) is 0 Å². The minimum Gasteiger partial charge on any atom is -0.391 e. The topological polar surface area (TPSA) is 41.3 Å². The van der Waals surface area contributed by atoms with E-state index in [0.717, 1.165) is 30.0 Å². The van der Waals surface area contributed by atoms with Crippen LogP contribution in [0.5, 0.6) is 0 Å². The highest BCUT2D eigenvalue weighted by Gasteiger charge is 2.15. The van der Waals surface area contributed by atoms with Crippen molar-refractivity contribution in [3.63, 3.8) is 0 Å². The van der Waals surface area contributed by atoms with Gasteiger partial charge in [0.1, 0.15) is 5.82 Å². The molecule has 0 atom stereocenters. The molecule has 1 aromatic heterocycles. The Morgan fingerprint density at radius 1 is 1.44 bits per heavy atom. The average molecular weight is 225 g/mol. The van der Waals surface area contributed by atoms with Gasteiger partial charge in [-0.3, -0.25) is 4.68 Å². The Hall–Kier alpha value is -1.03. The largest absolute Gasteiger partial charge is 0.391 e. The molecule has 0 radical (unpaired) electrons. The molecule has 0 aliphatic carbocycles. The summed E-state index contributed by atoms with van der Waals surface area (Å²) >= 11 is 0. The lowest BCUT2D eigenvalue weighted by Crippen LogP contribution is -2.23. The maximum Gasteiger partial charge on any atom is 0.132 e. The number of hydrogen-bond donors (Lipinski definition) is 1. The van der Waals surface area contributed by atoms with Crippen LogP contribution in [-0.4, -0.2) is 28.5 Å². The minimum atomic E-state index is 0.0566. The van der Waals surface area contributed by atoms with Gasteiger partial charge in [0.15, 0.2) is 0 Å². The van der Waals surface area contributed by atoms with E-state index in [1.54, 1.807) is 0 Å². The molecule has 92 valence electrons. The summed E-state index contributed by atoms with van der Waals surface area (Å²) in [4.78, 5) is 2.17. The molecule has 4 nitrogen and oxygen atoms in total. The molecule has 1 heterocycles. The predicted molar refractivity (Wildman–Crippen MR) is 66.6 cm³/mol. The number of nitrogens with zero attached hydrogens (tertiary/aromatic N) is 3. The van der Waals surface area contributed by atoms with Crippen molar-refractivity contribution >= 4 is 5.82 Å². The fourth-order valence-corrected chi connectivity index (χ4v) is 1.91. The molecule has 0 aromatic carbocycles. The summed E-state index contributed by atoms with van der Waals surface area (Å²) in [7, 11) is 3.98. The fourth-order valence-electron chi connectivity index (χ4n) is 1.91. The van der Waals surface area contributed by atoms with Crippen LogP contribution in [0.1, 0.15) is 31.5 Å². The van der Waals surface area contributed by atoms with Crippen molar-refractivity contribution in [1.29, 1.82) is 0 Å². The van der Waals surface area contributed by atoms with E-state index in [1.807, 2.05) is 18.7 Å². The zero-order valence-corrected chi connectivity index (χ0v) is 11.0. The number of anilines is 1. The van der Waals surface area contributed by atoms with Crippen LogP contribution >= 0.6 is 0 Å². The molecule has 0 spiro atoms. The fraction of sp³-hybridized carbons (Fsp3) is 0.750. The van der Waals surface area contributed by atoms with Gasteiger partial charge in [-0.05, 0) is 19.3 Å². The lowest BCUT2D eigenvalue weighted by molar-refractivity contribution is 0.281. The minimum absolute atomic E-state index is 0.0566. The zero-order chi connectivity index (χ0) is 12.3. The van der Waals surface area contributed by atoms with Gasteiger partial charge in [-0.15, -0.1) is 0 Å². The van der Waals surface area contributed by atoms with Gasteiger partial charge in [-0.1, -0.05) is 13.8 Å². The summed E-state index contributed by atoms with van der Waals surface area (Å²) in [6.07, 6.45) is 1.14. The summed E-state index contributed by atoms with van der Waals surface area (Å²) < 4.78 is 1.85. The standard InChI is InChI=1S/C12H23N3O/c1-9(2)6-7-14(4)12-11(8-16)10(3)13-15(12)5/h9,16H,6-8H2,1-5H3. The monoisotopic (exact) mass is 225 g/mol. The Morgan fingerprint density at radius 3 is 2.56 bits per heavy atom. The second-order valence-corrected chi connectivity index (χ2v) is 4.77. The van der Waals surface area contributed by atoms with Crippen molar-refractivity contribution in [2.24, 2.45) is 13.0 Å². The van der Waals surface area contributed by atoms with Gasteiger partial charge < -0.3 is 10.0 Å². The highest BCUT2D eigenvalue weighted by molar-refractivity contribution is 5.49. The smallest absolute Gasteiger partial charge is 0.132 e. The van der Waals surface area contributed by atoms with Gasteiger partial charge in [-0.2, -0.15) is 5.10 Å². The quantitative estimate of drug-likeness (QED) is 0.829. The van der Waals surface area contributed by atoms with Gasteiger partial charge in [0.25, 0.3) is 0 Å². The second kappa shape index (κ2) is 5.34. The molecule has 0 aliphatic rings. The average Bonchev–Trinajstić information content (AvgIpc) is 2.49. The first kappa shape index (κ1) is 13.0. The van der Waals surface area contributed by atoms with E-state index in [9.17, 15) is 5.11 Å². The summed E-state index contributed by atoms with van der Waals surface area (Å²) in [6, 6.07) is 0. The predicted octanol–water partition coefficient (Wildman–Crippen LogP) is 1.70. The summed E-state index contributed by atoms with van der Waals surface area (Å²) in [5, 5.41) is 13.7. The van der Waals surface area contributed by atoms with Crippen LogP contribution in [0.2, 0.25) is 0 Å². The maximum atomic E-state index is 9.36. The first-order valence-electron chi connectivity index (χ1n) is 5.81. The molecule has 0 aliphatic heterocycles. The van der Waals surface area contributed by atoms with Gasteiger partial charge in [-0.25, -0.2) is 0 Å². The van der Waals surface area contributed by atoms with Crippen LogP contribution in [0, 0.1) is 12.8 Å². The number of aliphatic hydroxyl groups is 1. The van der Waals surface area contributed by atoms with Crippen molar-refractivity contribution < 1.29 is 5.11 Å². The molecule has 0 unspecified atom stereocenters. The van der Waals surface area contributed by atoms with Crippen LogP contribution < -0.4 is 4.90 Å². The number of hydrogen-bond acceptors (Lipinski definition) is 3. The van der Waals surface area contributed by atoms with Gasteiger partial charge in [0, 0.05) is 26.2 Å². The van der Waals surface area contributed by atoms with Crippen LogP contribution in [0.3, 0.4) is 0 Å². The molecule has 0 fully saturated rings. The van der Waals surface area contributed by atoms with Gasteiger partial charge in [0.05, 0.1) is 12.3 Å². The first-order valence-corrected chi connectivity index (χ1v) is 5.81. The summed E-state index contributed by atoms with van der Waals surface area (Å²) in [5.74, 6) is 1.72. The lowest BCUT2D eigenvalue weighted by atomic mass is 10.1. The maximum absolute atomic E-state index is 9.36.